The zero-order valence-electron chi connectivity index (χ0n) is 14.2. The van der Waals surface area contributed by atoms with Gasteiger partial charge in [0.25, 0.3) is 0 Å². The number of aliphatic carboxylic acids is 1. The molecule has 0 aromatic heterocycles. The van der Waals surface area contributed by atoms with E-state index in [0.29, 0.717) is 0 Å². The first-order valence-electron chi connectivity index (χ1n) is 8.00. The van der Waals surface area contributed by atoms with Crippen molar-refractivity contribution >= 4 is 5.97 Å². The van der Waals surface area contributed by atoms with Crippen molar-refractivity contribution in [3.8, 4) is 0 Å². The van der Waals surface area contributed by atoms with Crippen molar-refractivity contribution < 1.29 is 9.90 Å². The second kappa shape index (κ2) is 18.2. The van der Waals surface area contributed by atoms with Crippen molar-refractivity contribution in [2.75, 3.05) is 0 Å². The van der Waals surface area contributed by atoms with E-state index in [0.717, 1.165) is 12.5 Å². The lowest BCUT2D eigenvalue weighted by Crippen LogP contribution is -1.84. The van der Waals surface area contributed by atoms with Crippen LogP contribution in [0.15, 0.2) is 109 Å². The highest BCUT2D eigenvalue weighted by Crippen LogP contribution is 1.89. The van der Waals surface area contributed by atoms with E-state index < -0.39 is 5.97 Å². The highest BCUT2D eigenvalue weighted by Gasteiger charge is 1.79. The molecule has 0 unspecified atom stereocenters. The van der Waals surface area contributed by atoms with E-state index in [9.17, 15) is 4.79 Å². The van der Waals surface area contributed by atoms with Crippen molar-refractivity contribution in [2.45, 2.75) is 19.8 Å². The average molecular weight is 322 g/mol. The molecule has 0 aromatic carbocycles. The minimum Gasteiger partial charge on any atom is -0.478 e. The monoisotopic (exact) mass is 322 g/mol. The van der Waals surface area contributed by atoms with Crippen LogP contribution in [0, 0.1) is 0 Å². The highest BCUT2D eigenvalue weighted by atomic mass is 16.4. The Balaban J connectivity index is 3.89. The number of carbonyl (C=O) groups is 1. The van der Waals surface area contributed by atoms with Crippen molar-refractivity contribution in [2.24, 2.45) is 0 Å². The Kier molecular flexibility index (Phi) is 16.0. The maximum absolute atomic E-state index is 10.2. The lowest BCUT2D eigenvalue weighted by atomic mass is 10.3. The van der Waals surface area contributed by atoms with Crippen LogP contribution >= 0.6 is 0 Å². The second-order valence-electron chi connectivity index (χ2n) is 4.61. The van der Waals surface area contributed by atoms with Gasteiger partial charge < -0.3 is 5.11 Å². The summed E-state index contributed by atoms with van der Waals surface area (Å²) in [7, 11) is 0. The first kappa shape index (κ1) is 21.1. The molecule has 24 heavy (non-hydrogen) atoms. The minimum absolute atomic E-state index is 0.948. The van der Waals surface area contributed by atoms with Crippen LogP contribution in [0.3, 0.4) is 0 Å². The van der Waals surface area contributed by atoms with E-state index in [2.05, 4.69) is 19.1 Å². The second-order valence-corrected chi connectivity index (χ2v) is 4.61. The molecule has 0 rings (SSSR count). The van der Waals surface area contributed by atoms with Crippen LogP contribution in [-0.4, -0.2) is 11.1 Å². The third-order valence-electron chi connectivity index (χ3n) is 2.50. The summed E-state index contributed by atoms with van der Waals surface area (Å²) in [5, 5.41) is 8.38. The third kappa shape index (κ3) is 19.1. The Labute approximate surface area is 145 Å². The predicted octanol–water partition coefficient (Wildman–Crippen LogP) is 5.88. The van der Waals surface area contributed by atoms with Gasteiger partial charge in [0.1, 0.15) is 0 Å². The normalized spacial score (nSPS) is 14.0. The summed E-state index contributed by atoms with van der Waals surface area (Å²) >= 11 is 0. The molecule has 0 amide bonds. The summed E-state index contributed by atoms with van der Waals surface area (Å²) < 4.78 is 0. The topological polar surface area (TPSA) is 37.3 Å². The van der Waals surface area contributed by atoms with Crippen molar-refractivity contribution in [1.82, 2.24) is 0 Å². The SMILES string of the molecule is CCCC=CC=CC=CC=CC=CC=CC=CC=CC=CC(=O)O. The molecule has 0 atom stereocenters. The van der Waals surface area contributed by atoms with E-state index >= 15 is 0 Å². The molecule has 2 heteroatoms. The van der Waals surface area contributed by atoms with Crippen LogP contribution in [0.1, 0.15) is 19.8 Å². The molecule has 0 aromatic rings. The van der Waals surface area contributed by atoms with Crippen LogP contribution in [0.25, 0.3) is 0 Å². The Morgan fingerprint density at radius 3 is 1.29 bits per heavy atom. The van der Waals surface area contributed by atoms with Crippen molar-refractivity contribution in [3.05, 3.63) is 109 Å². The molecule has 0 radical (unpaired) electrons. The van der Waals surface area contributed by atoms with E-state index in [-0.39, 0.29) is 0 Å². The van der Waals surface area contributed by atoms with Gasteiger partial charge in [-0.15, -0.1) is 0 Å². The summed E-state index contributed by atoms with van der Waals surface area (Å²) in [6.45, 7) is 2.16. The van der Waals surface area contributed by atoms with Gasteiger partial charge in [-0.2, -0.15) is 0 Å². The molecular formula is C22H26O2. The molecule has 0 aliphatic carbocycles. The Bertz CT molecular complexity index is 577. The molecule has 0 saturated heterocycles. The number of allylic oxidation sites excluding steroid dienone is 17. The summed E-state index contributed by atoms with van der Waals surface area (Å²) in [5.74, 6) is -0.948. The van der Waals surface area contributed by atoms with Crippen LogP contribution in [0.5, 0.6) is 0 Å². The van der Waals surface area contributed by atoms with Crippen LogP contribution in [0.4, 0.5) is 0 Å². The van der Waals surface area contributed by atoms with Gasteiger partial charge in [-0.05, 0) is 6.42 Å². The molecule has 126 valence electrons. The number of unbranched alkanes of at least 4 members (excludes halogenated alkanes) is 1. The Morgan fingerprint density at radius 2 is 0.958 bits per heavy atom. The molecule has 0 aliphatic rings. The molecule has 1 N–H and O–H groups in total. The maximum Gasteiger partial charge on any atom is 0.328 e. The molecule has 0 saturated carbocycles. The molecule has 0 spiro atoms. The fourth-order valence-corrected chi connectivity index (χ4v) is 1.38. The van der Waals surface area contributed by atoms with Gasteiger partial charge in [0, 0.05) is 6.08 Å². The lowest BCUT2D eigenvalue weighted by molar-refractivity contribution is -0.131. The van der Waals surface area contributed by atoms with Gasteiger partial charge in [0.2, 0.25) is 0 Å². The molecule has 0 fully saturated rings. The molecule has 2 nitrogen and oxygen atoms in total. The zero-order chi connectivity index (χ0) is 17.7. The first-order chi connectivity index (χ1) is 11.8. The Hall–Kier alpha value is -2.87. The largest absolute Gasteiger partial charge is 0.478 e. The molecular weight excluding hydrogens is 296 g/mol. The number of hydrogen-bond donors (Lipinski definition) is 1. The maximum atomic E-state index is 10.2. The molecule has 0 bridgehead atoms. The summed E-state index contributed by atoms with van der Waals surface area (Å²) in [6, 6.07) is 0. The first-order valence-corrected chi connectivity index (χ1v) is 8.00. The van der Waals surface area contributed by atoms with Crippen molar-refractivity contribution in [3.63, 3.8) is 0 Å². The predicted molar refractivity (Wildman–Crippen MR) is 105 cm³/mol. The van der Waals surface area contributed by atoms with Gasteiger partial charge >= 0.3 is 5.97 Å². The zero-order valence-corrected chi connectivity index (χ0v) is 14.2. The minimum atomic E-state index is -0.948. The standard InChI is InChI=1S/C22H26O2/c1-2-3-4-5-6-7-8-9-10-11-12-13-14-15-16-17-18-19-20-21-22(23)24/h4-21H,2-3H2,1H3,(H,23,24). The number of carboxylic acids is 1. The fraction of sp³-hybridized carbons (Fsp3) is 0.136. The summed E-state index contributed by atoms with van der Waals surface area (Å²) in [4.78, 5) is 10.2. The summed E-state index contributed by atoms with van der Waals surface area (Å²) in [5.41, 5.74) is 0. The van der Waals surface area contributed by atoms with Gasteiger partial charge in [-0.1, -0.05) is 117 Å². The van der Waals surface area contributed by atoms with Crippen LogP contribution < -0.4 is 0 Å². The van der Waals surface area contributed by atoms with Gasteiger partial charge in [-0.3, -0.25) is 0 Å². The van der Waals surface area contributed by atoms with E-state index in [4.69, 9.17) is 5.11 Å². The van der Waals surface area contributed by atoms with E-state index in [1.807, 2.05) is 72.9 Å². The number of hydrogen-bond acceptors (Lipinski definition) is 1. The van der Waals surface area contributed by atoms with E-state index in [1.54, 1.807) is 12.2 Å². The fourth-order valence-electron chi connectivity index (χ4n) is 1.38. The lowest BCUT2D eigenvalue weighted by Gasteiger charge is -1.79. The van der Waals surface area contributed by atoms with Gasteiger partial charge in [0.15, 0.2) is 0 Å². The molecule has 0 aliphatic heterocycles. The summed E-state index contributed by atoms with van der Waals surface area (Å²) in [6.07, 6.45) is 35.9. The Morgan fingerprint density at radius 1 is 0.625 bits per heavy atom. The average Bonchev–Trinajstić information content (AvgIpc) is 2.56. The van der Waals surface area contributed by atoms with Gasteiger partial charge in [-0.25, -0.2) is 4.79 Å². The van der Waals surface area contributed by atoms with E-state index in [1.165, 1.54) is 12.5 Å². The molecule has 0 heterocycles. The van der Waals surface area contributed by atoms with Gasteiger partial charge in [0.05, 0.1) is 0 Å². The smallest absolute Gasteiger partial charge is 0.328 e. The quantitative estimate of drug-likeness (QED) is 0.381. The van der Waals surface area contributed by atoms with Crippen LogP contribution in [0.2, 0.25) is 0 Å². The third-order valence-corrected chi connectivity index (χ3v) is 2.50. The van der Waals surface area contributed by atoms with Crippen LogP contribution in [-0.2, 0) is 4.79 Å². The van der Waals surface area contributed by atoms with Crippen molar-refractivity contribution in [1.29, 1.82) is 0 Å². The number of carboxylic acid groups (broad SMARTS) is 1. The number of rotatable bonds is 11. The highest BCUT2D eigenvalue weighted by molar-refractivity contribution is 5.80.